The molecule has 84 valence electrons. The van der Waals surface area contributed by atoms with Crippen molar-refractivity contribution in [1.29, 1.82) is 0 Å². The molecule has 0 amide bonds. The van der Waals surface area contributed by atoms with E-state index in [4.69, 9.17) is 17.3 Å². The molecule has 1 aromatic heterocycles. The summed E-state index contributed by atoms with van der Waals surface area (Å²) in [5.74, 6) is 0.780. The van der Waals surface area contributed by atoms with Gasteiger partial charge < -0.3 is 5.73 Å². The number of hydrogen-bond acceptors (Lipinski definition) is 2. The number of thiophene rings is 1. The lowest BCUT2D eigenvalue weighted by atomic mass is 9.74. The molecule has 3 heteroatoms. The fourth-order valence-corrected chi connectivity index (χ4v) is 4.03. The third kappa shape index (κ3) is 2.22. The minimum absolute atomic E-state index is 0.149. The molecule has 0 saturated heterocycles. The maximum Gasteiger partial charge on any atom is 0.0564 e. The predicted octanol–water partition coefficient (Wildman–Crippen LogP) is 4.16. The van der Waals surface area contributed by atoms with E-state index in [-0.39, 0.29) is 5.54 Å². The fraction of sp³-hybridized carbons (Fsp3) is 0.667. The van der Waals surface area contributed by atoms with Crippen LogP contribution in [0.4, 0.5) is 0 Å². The molecule has 1 aliphatic carbocycles. The summed E-state index contributed by atoms with van der Waals surface area (Å²) in [6, 6.07) is 1.96. The van der Waals surface area contributed by atoms with Crippen molar-refractivity contribution >= 4 is 22.9 Å². The molecule has 0 aromatic carbocycles. The zero-order valence-corrected chi connectivity index (χ0v) is 10.7. The zero-order chi connectivity index (χ0) is 10.9. The van der Waals surface area contributed by atoms with Crippen LogP contribution in [0.3, 0.4) is 0 Å². The lowest BCUT2D eigenvalue weighted by Crippen LogP contribution is -2.40. The SMILES string of the molecule is CCC1CCCC(N)(c2sccc2Cl)C1. The molecule has 0 spiro atoms. The first-order chi connectivity index (χ1) is 7.15. The highest BCUT2D eigenvalue weighted by Gasteiger charge is 2.35. The molecule has 2 rings (SSSR count). The van der Waals surface area contributed by atoms with E-state index < -0.39 is 0 Å². The molecule has 1 saturated carbocycles. The minimum Gasteiger partial charge on any atom is -0.321 e. The average Bonchev–Trinajstić information content (AvgIpc) is 2.65. The second kappa shape index (κ2) is 4.44. The van der Waals surface area contributed by atoms with E-state index in [1.165, 1.54) is 24.1 Å². The summed E-state index contributed by atoms with van der Waals surface area (Å²) in [6.07, 6.45) is 6.00. The van der Waals surface area contributed by atoms with E-state index in [9.17, 15) is 0 Å². The van der Waals surface area contributed by atoms with Crippen molar-refractivity contribution < 1.29 is 0 Å². The van der Waals surface area contributed by atoms with Gasteiger partial charge in [-0.15, -0.1) is 11.3 Å². The topological polar surface area (TPSA) is 26.0 Å². The fourth-order valence-electron chi connectivity index (χ4n) is 2.63. The monoisotopic (exact) mass is 243 g/mol. The lowest BCUT2D eigenvalue weighted by molar-refractivity contribution is 0.225. The number of hydrogen-bond donors (Lipinski definition) is 1. The summed E-state index contributed by atoms with van der Waals surface area (Å²) in [5, 5.41) is 2.90. The average molecular weight is 244 g/mol. The normalized spacial score (nSPS) is 31.8. The summed E-state index contributed by atoms with van der Waals surface area (Å²) >= 11 is 7.89. The van der Waals surface area contributed by atoms with Crippen molar-refractivity contribution in [2.24, 2.45) is 11.7 Å². The van der Waals surface area contributed by atoms with E-state index in [1.54, 1.807) is 11.3 Å². The van der Waals surface area contributed by atoms with Gasteiger partial charge in [0.25, 0.3) is 0 Å². The zero-order valence-electron chi connectivity index (χ0n) is 9.13. The maximum absolute atomic E-state index is 6.52. The first-order valence-corrected chi connectivity index (χ1v) is 6.94. The van der Waals surface area contributed by atoms with Gasteiger partial charge in [-0.1, -0.05) is 37.8 Å². The second-order valence-corrected chi connectivity index (χ2v) is 5.95. The first-order valence-electron chi connectivity index (χ1n) is 5.68. The summed E-state index contributed by atoms with van der Waals surface area (Å²) in [5.41, 5.74) is 6.37. The molecule has 2 N–H and O–H groups in total. The number of nitrogens with two attached hydrogens (primary N) is 1. The smallest absolute Gasteiger partial charge is 0.0564 e. The van der Waals surface area contributed by atoms with Crippen molar-refractivity contribution in [1.82, 2.24) is 0 Å². The van der Waals surface area contributed by atoms with Crippen LogP contribution < -0.4 is 5.73 Å². The van der Waals surface area contributed by atoms with Gasteiger partial charge in [-0.25, -0.2) is 0 Å². The Balaban J connectivity index is 2.22. The van der Waals surface area contributed by atoms with Crippen LogP contribution in [0.1, 0.15) is 43.9 Å². The Morgan fingerprint density at radius 3 is 3.07 bits per heavy atom. The van der Waals surface area contributed by atoms with Crippen LogP contribution >= 0.6 is 22.9 Å². The molecular formula is C12H18ClNS. The van der Waals surface area contributed by atoms with E-state index in [2.05, 4.69) is 6.92 Å². The molecule has 1 heterocycles. The van der Waals surface area contributed by atoms with Gasteiger partial charge >= 0.3 is 0 Å². The standard InChI is InChI=1S/C12H18ClNS/c1-2-9-4-3-6-12(14,8-9)11-10(13)5-7-15-11/h5,7,9H,2-4,6,8,14H2,1H3. The van der Waals surface area contributed by atoms with Crippen LogP contribution in [-0.2, 0) is 5.54 Å². The van der Waals surface area contributed by atoms with Gasteiger partial charge in [0.15, 0.2) is 0 Å². The molecule has 2 unspecified atom stereocenters. The van der Waals surface area contributed by atoms with E-state index >= 15 is 0 Å². The van der Waals surface area contributed by atoms with Crippen LogP contribution in [0.2, 0.25) is 5.02 Å². The van der Waals surface area contributed by atoms with Crippen molar-refractivity contribution in [3.8, 4) is 0 Å². The minimum atomic E-state index is -0.149. The van der Waals surface area contributed by atoms with Gasteiger partial charge in [-0.05, 0) is 30.2 Å². The van der Waals surface area contributed by atoms with E-state index in [1.807, 2.05) is 11.4 Å². The van der Waals surface area contributed by atoms with E-state index in [0.717, 1.165) is 23.8 Å². The number of rotatable bonds is 2. The Morgan fingerprint density at radius 1 is 1.67 bits per heavy atom. The van der Waals surface area contributed by atoms with Crippen LogP contribution in [-0.4, -0.2) is 0 Å². The third-order valence-corrected chi connectivity index (χ3v) is 5.10. The third-order valence-electron chi connectivity index (χ3n) is 3.53. The molecule has 1 nitrogen and oxygen atoms in total. The van der Waals surface area contributed by atoms with Crippen molar-refractivity contribution in [3.05, 3.63) is 21.3 Å². The van der Waals surface area contributed by atoms with Gasteiger partial charge in [0.2, 0.25) is 0 Å². The van der Waals surface area contributed by atoms with Crippen LogP contribution in [0.5, 0.6) is 0 Å². The van der Waals surface area contributed by atoms with Gasteiger partial charge in [0.05, 0.1) is 10.6 Å². The highest BCUT2D eigenvalue weighted by molar-refractivity contribution is 7.10. The molecule has 0 radical (unpaired) electrons. The highest BCUT2D eigenvalue weighted by atomic mass is 35.5. The van der Waals surface area contributed by atoms with Gasteiger partial charge in [0.1, 0.15) is 0 Å². The summed E-state index contributed by atoms with van der Waals surface area (Å²) in [4.78, 5) is 1.20. The van der Waals surface area contributed by atoms with Crippen molar-refractivity contribution in [3.63, 3.8) is 0 Å². The first kappa shape index (κ1) is 11.4. The maximum atomic E-state index is 6.52. The molecule has 15 heavy (non-hydrogen) atoms. The van der Waals surface area contributed by atoms with Gasteiger partial charge in [-0.2, -0.15) is 0 Å². The molecule has 0 aliphatic heterocycles. The Morgan fingerprint density at radius 2 is 2.47 bits per heavy atom. The van der Waals surface area contributed by atoms with Gasteiger partial charge in [0, 0.05) is 4.88 Å². The van der Waals surface area contributed by atoms with E-state index in [0.29, 0.717) is 0 Å². The lowest BCUT2D eigenvalue weighted by Gasteiger charge is -2.37. The summed E-state index contributed by atoms with van der Waals surface area (Å²) in [7, 11) is 0. The molecular weight excluding hydrogens is 226 g/mol. The predicted molar refractivity (Wildman–Crippen MR) is 67.4 cm³/mol. The van der Waals surface area contributed by atoms with Crippen LogP contribution in [0, 0.1) is 5.92 Å². The summed E-state index contributed by atoms with van der Waals surface area (Å²) in [6.45, 7) is 2.26. The Hall–Kier alpha value is -0.0500. The second-order valence-electron chi connectivity index (χ2n) is 4.62. The molecule has 1 fully saturated rings. The molecule has 1 aromatic rings. The summed E-state index contributed by atoms with van der Waals surface area (Å²) < 4.78 is 0. The number of halogens is 1. The Kier molecular flexibility index (Phi) is 3.39. The quantitative estimate of drug-likeness (QED) is 0.830. The largest absolute Gasteiger partial charge is 0.321 e. The Bertz CT molecular complexity index is 336. The highest BCUT2D eigenvalue weighted by Crippen LogP contribution is 2.43. The van der Waals surface area contributed by atoms with Crippen molar-refractivity contribution in [2.45, 2.75) is 44.6 Å². The molecule has 2 atom stereocenters. The molecule has 0 bridgehead atoms. The van der Waals surface area contributed by atoms with Crippen LogP contribution in [0.15, 0.2) is 11.4 Å². The van der Waals surface area contributed by atoms with Crippen LogP contribution in [0.25, 0.3) is 0 Å². The van der Waals surface area contributed by atoms with Gasteiger partial charge in [-0.3, -0.25) is 0 Å². The Labute approximate surface area is 101 Å². The van der Waals surface area contributed by atoms with Crippen molar-refractivity contribution in [2.75, 3.05) is 0 Å². The molecule has 1 aliphatic rings.